The van der Waals surface area contributed by atoms with Gasteiger partial charge in [0.2, 0.25) is 0 Å². The lowest BCUT2D eigenvalue weighted by molar-refractivity contribution is 0.148. The zero-order valence-corrected chi connectivity index (χ0v) is 16.4. The molecule has 0 aliphatic rings. The highest BCUT2D eigenvalue weighted by Crippen LogP contribution is 2.54. The van der Waals surface area contributed by atoms with Crippen LogP contribution in [0.2, 0.25) is 0 Å². The van der Waals surface area contributed by atoms with Crippen LogP contribution in [0.4, 0.5) is 0 Å². The minimum atomic E-state index is -3.71. The quantitative estimate of drug-likeness (QED) is 0.452. The Morgan fingerprint density at radius 1 is 0.545 bits per heavy atom. The lowest BCUT2D eigenvalue weighted by Crippen LogP contribution is -2.08. The highest BCUT2D eigenvalue weighted by molar-refractivity contribution is 7.63. The monoisotopic (exact) mass is 354 g/mol. The first kappa shape index (κ1) is 21.9. The van der Waals surface area contributed by atoms with Crippen LogP contribution in [0.15, 0.2) is 0 Å². The fraction of sp³-hybridized carbons (Fsp3) is 0.857. The van der Waals surface area contributed by atoms with Crippen molar-refractivity contribution in [3.63, 3.8) is 0 Å². The summed E-state index contributed by atoms with van der Waals surface area (Å²) in [6, 6.07) is 0. The number of rotatable bonds is 8. The van der Waals surface area contributed by atoms with Crippen molar-refractivity contribution in [1.82, 2.24) is 0 Å². The summed E-state index contributed by atoms with van der Waals surface area (Å²) in [5.74, 6) is 0. The van der Waals surface area contributed by atoms with E-state index >= 15 is 0 Å². The van der Waals surface area contributed by atoms with Crippen LogP contribution < -0.4 is 0 Å². The predicted molar refractivity (Wildman–Crippen MR) is 87.9 cm³/mol. The van der Waals surface area contributed by atoms with Crippen LogP contribution in [-0.2, 0) is 27.2 Å². The van der Waals surface area contributed by atoms with Crippen molar-refractivity contribution < 1.29 is 27.2 Å². The average Bonchev–Trinajstić information content (AvgIpc) is 2.21. The molecule has 6 nitrogen and oxygen atoms in total. The first-order valence-corrected chi connectivity index (χ1v) is 10.4. The van der Waals surface area contributed by atoms with Gasteiger partial charge in [-0.1, -0.05) is 0 Å². The number of hydrogen-bond donors (Lipinski definition) is 0. The molecular weight excluding hydrogens is 326 g/mol. The summed E-state index contributed by atoms with van der Waals surface area (Å²) in [6.07, 6.45) is -1.41. The summed E-state index contributed by atoms with van der Waals surface area (Å²) in [5, 5.41) is 0. The minimum absolute atomic E-state index is 0.352. The topological polar surface area (TPSA) is 71.1 Å². The first-order valence-electron chi connectivity index (χ1n) is 7.35. The fourth-order valence-corrected chi connectivity index (χ4v) is 4.90. The Bertz CT molecular complexity index is 417. The van der Waals surface area contributed by atoms with Crippen LogP contribution in [0.5, 0.6) is 0 Å². The van der Waals surface area contributed by atoms with E-state index in [4.69, 9.17) is 18.1 Å². The van der Waals surface area contributed by atoms with Crippen molar-refractivity contribution in [2.75, 3.05) is 0 Å². The largest absolute Gasteiger partial charge is 0.406 e. The lowest BCUT2D eigenvalue weighted by atomic mass is 10.5. The summed E-state index contributed by atoms with van der Waals surface area (Å²) < 4.78 is 46.3. The molecule has 0 N–H and O–H groups in total. The Morgan fingerprint density at radius 2 is 0.727 bits per heavy atom. The molecule has 0 atom stereocenters. The molecule has 0 saturated carbocycles. The van der Waals surface area contributed by atoms with Crippen molar-refractivity contribution in [3.05, 3.63) is 0 Å². The molecule has 0 bridgehead atoms. The van der Waals surface area contributed by atoms with Crippen LogP contribution in [0, 0.1) is 11.3 Å². The molecule has 0 unspecified atom stereocenters. The van der Waals surface area contributed by atoms with Crippen LogP contribution >= 0.6 is 15.2 Å². The second-order valence-corrected chi connectivity index (χ2v) is 9.12. The molecule has 0 spiro atoms. The van der Waals surface area contributed by atoms with E-state index in [0.29, 0.717) is 0 Å². The van der Waals surface area contributed by atoms with Crippen molar-refractivity contribution in [1.29, 1.82) is 0 Å². The van der Waals surface area contributed by atoms with E-state index in [1.54, 1.807) is 55.4 Å². The average molecular weight is 354 g/mol. The minimum Gasteiger partial charge on any atom is -0.297 e. The molecular formula is C14H28O6P2. The molecule has 0 heterocycles. The summed E-state index contributed by atoms with van der Waals surface area (Å²) in [7, 11) is -7.42. The summed E-state index contributed by atoms with van der Waals surface area (Å²) >= 11 is 0. The third kappa shape index (κ3) is 9.79. The maximum absolute atomic E-state index is 12.6. The van der Waals surface area contributed by atoms with Crippen LogP contribution in [0.1, 0.15) is 55.4 Å². The maximum atomic E-state index is 12.6. The van der Waals surface area contributed by atoms with E-state index in [-0.39, 0.29) is 24.4 Å². The van der Waals surface area contributed by atoms with Crippen LogP contribution in [0.25, 0.3) is 0 Å². The van der Waals surface area contributed by atoms with Gasteiger partial charge in [-0.2, -0.15) is 0 Å². The molecule has 0 aliphatic heterocycles. The van der Waals surface area contributed by atoms with Gasteiger partial charge in [-0.15, -0.1) is 0 Å². The van der Waals surface area contributed by atoms with Gasteiger partial charge in [0.1, 0.15) is 0 Å². The molecule has 0 amide bonds. The predicted octanol–water partition coefficient (Wildman–Crippen LogP) is 4.99. The molecule has 0 saturated heterocycles. The maximum Gasteiger partial charge on any atom is 0.406 e. The Kier molecular flexibility index (Phi) is 9.17. The van der Waals surface area contributed by atoms with Gasteiger partial charge < -0.3 is 0 Å². The third-order valence-corrected chi connectivity index (χ3v) is 5.47. The summed E-state index contributed by atoms with van der Waals surface area (Å²) in [6.45, 7) is 13.7. The summed E-state index contributed by atoms with van der Waals surface area (Å²) in [4.78, 5) is 0. The van der Waals surface area contributed by atoms with E-state index in [0.717, 1.165) is 0 Å². The Morgan fingerprint density at radius 3 is 0.864 bits per heavy atom. The van der Waals surface area contributed by atoms with Crippen LogP contribution in [0.3, 0.4) is 0 Å². The van der Waals surface area contributed by atoms with E-state index in [1.807, 2.05) is 0 Å². The normalized spacial score (nSPS) is 13.1. The molecule has 22 heavy (non-hydrogen) atoms. The highest BCUT2D eigenvalue weighted by Gasteiger charge is 2.30. The number of hydrogen-bond acceptors (Lipinski definition) is 6. The van der Waals surface area contributed by atoms with E-state index < -0.39 is 15.2 Å². The molecule has 0 aromatic heterocycles. The van der Waals surface area contributed by atoms with Crippen molar-refractivity contribution in [2.24, 2.45) is 0 Å². The zero-order chi connectivity index (χ0) is 17.6. The fourth-order valence-electron chi connectivity index (χ4n) is 1.39. The Balaban J connectivity index is 5.50. The van der Waals surface area contributed by atoms with Gasteiger partial charge >= 0.3 is 15.2 Å². The Labute approximate surface area is 134 Å². The SMILES string of the molecule is CC(C)OP(=O)(C#CP(=O)(OC(C)C)OC(C)C)OC(C)C. The first-order chi connectivity index (χ1) is 9.87. The van der Waals surface area contributed by atoms with Crippen molar-refractivity contribution in [3.8, 4) is 11.3 Å². The second-order valence-electron chi connectivity index (χ2n) is 5.84. The molecule has 0 fully saturated rings. The standard InChI is InChI=1S/C14H28O6P2/c1-11(2)17-21(15,18-12(3)4)9-10-22(16,19-13(5)6)20-14(7)8/h11-14H,1-8H3. The van der Waals surface area contributed by atoms with Crippen LogP contribution in [-0.4, -0.2) is 24.4 Å². The molecule has 0 radical (unpaired) electrons. The van der Waals surface area contributed by atoms with Gasteiger partial charge in [-0.25, -0.2) is 9.13 Å². The van der Waals surface area contributed by atoms with Gasteiger partial charge in [0.05, 0.1) is 24.4 Å². The zero-order valence-electron chi connectivity index (χ0n) is 14.7. The van der Waals surface area contributed by atoms with E-state index in [2.05, 4.69) is 11.3 Å². The molecule has 0 aliphatic carbocycles. The van der Waals surface area contributed by atoms with Gasteiger partial charge in [0.25, 0.3) is 0 Å². The smallest absolute Gasteiger partial charge is 0.297 e. The third-order valence-electron chi connectivity index (χ3n) is 1.72. The van der Waals surface area contributed by atoms with E-state index in [1.165, 1.54) is 0 Å². The highest BCUT2D eigenvalue weighted by atomic mass is 31.2. The molecule has 8 heteroatoms. The molecule has 0 rings (SSSR count). The van der Waals surface area contributed by atoms with E-state index in [9.17, 15) is 9.13 Å². The van der Waals surface area contributed by atoms with Gasteiger partial charge in [-0.3, -0.25) is 18.1 Å². The molecule has 130 valence electrons. The second kappa shape index (κ2) is 9.23. The van der Waals surface area contributed by atoms with Gasteiger partial charge in [0, 0.05) is 11.3 Å². The Hall–Kier alpha value is -0.140. The van der Waals surface area contributed by atoms with Gasteiger partial charge in [0.15, 0.2) is 0 Å². The van der Waals surface area contributed by atoms with Crippen molar-refractivity contribution >= 4 is 15.2 Å². The van der Waals surface area contributed by atoms with Gasteiger partial charge in [-0.05, 0) is 55.4 Å². The summed E-state index contributed by atoms with van der Waals surface area (Å²) in [5.41, 5.74) is 4.72. The molecule has 0 aromatic carbocycles. The lowest BCUT2D eigenvalue weighted by Gasteiger charge is -2.20. The van der Waals surface area contributed by atoms with Crippen molar-refractivity contribution in [2.45, 2.75) is 79.8 Å². The molecule has 0 aromatic rings.